The highest BCUT2D eigenvalue weighted by molar-refractivity contribution is 7.19. The maximum atomic E-state index is 6.26. The molecule has 2 heterocycles. The fourth-order valence-electron chi connectivity index (χ4n) is 2.35. The summed E-state index contributed by atoms with van der Waals surface area (Å²) in [4.78, 5) is 0.758. The average molecular weight is 327 g/mol. The molecule has 0 unspecified atom stereocenters. The van der Waals surface area contributed by atoms with Crippen LogP contribution in [0, 0.1) is 6.92 Å². The molecule has 0 saturated carbocycles. The second kappa shape index (κ2) is 5.19. The summed E-state index contributed by atoms with van der Waals surface area (Å²) in [5.74, 6) is 0.664. The molecule has 2 aromatic heterocycles. The van der Waals surface area contributed by atoms with Crippen LogP contribution < -0.4 is 0 Å². The van der Waals surface area contributed by atoms with Crippen LogP contribution in [0.5, 0.6) is 0 Å². The van der Waals surface area contributed by atoms with Gasteiger partial charge in [0.15, 0.2) is 5.82 Å². The highest BCUT2D eigenvalue weighted by Crippen LogP contribution is 2.31. The van der Waals surface area contributed by atoms with Crippen molar-refractivity contribution in [2.45, 2.75) is 6.92 Å². The molecule has 0 amide bonds. The van der Waals surface area contributed by atoms with E-state index in [4.69, 9.17) is 11.6 Å². The van der Waals surface area contributed by atoms with E-state index in [9.17, 15) is 0 Å². The van der Waals surface area contributed by atoms with Gasteiger partial charge in [-0.25, -0.2) is 0 Å². The first-order chi connectivity index (χ1) is 10.7. The van der Waals surface area contributed by atoms with Crippen molar-refractivity contribution in [2.75, 3.05) is 0 Å². The van der Waals surface area contributed by atoms with Crippen molar-refractivity contribution in [3.05, 3.63) is 59.1 Å². The van der Waals surface area contributed by atoms with Crippen LogP contribution >= 0.6 is 22.9 Å². The van der Waals surface area contributed by atoms with E-state index in [1.807, 2.05) is 36.4 Å². The van der Waals surface area contributed by atoms with E-state index in [0.717, 1.165) is 21.1 Å². The molecule has 2 aromatic carbocycles. The van der Waals surface area contributed by atoms with Crippen LogP contribution in [-0.2, 0) is 0 Å². The fraction of sp³-hybridized carbons (Fsp3) is 0.0625. The van der Waals surface area contributed by atoms with E-state index in [0.29, 0.717) is 10.8 Å². The Balaban J connectivity index is 1.91. The van der Waals surface area contributed by atoms with Gasteiger partial charge in [-0.05, 0) is 24.6 Å². The van der Waals surface area contributed by atoms with Crippen molar-refractivity contribution >= 4 is 27.9 Å². The van der Waals surface area contributed by atoms with E-state index in [1.54, 1.807) is 4.52 Å². The number of rotatable bonds is 2. The minimum absolute atomic E-state index is 0.641. The van der Waals surface area contributed by atoms with Crippen LogP contribution in [0.4, 0.5) is 0 Å². The first kappa shape index (κ1) is 13.4. The third kappa shape index (κ3) is 2.10. The van der Waals surface area contributed by atoms with Gasteiger partial charge in [0.2, 0.25) is 4.96 Å². The second-order valence-corrected chi connectivity index (χ2v) is 6.28. The number of aryl methyl sites for hydroxylation is 1. The van der Waals surface area contributed by atoms with E-state index < -0.39 is 0 Å². The molecule has 0 fully saturated rings. The van der Waals surface area contributed by atoms with E-state index >= 15 is 0 Å². The van der Waals surface area contributed by atoms with Crippen molar-refractivity contribution in [3.8, 4) is 22.0 Å². The van der Waals surface area contributed by atoms with Crippen molar-refractivity contribution in [1.29, 1.82) is 0 Å². The number of halogens is 1. The Morgan fingerprint density at radius 1 is 0.955 bits per heavy atom. The zero-order chi connectivity index (χ0) is 15.1. The first-order valence-electron chi connectivity index (χ1n) is 6.77. The lowest BCUT2D eigenvalue weighted by Gasteiger charge is -2.01. The topological polar surface area (TPSA) is 43.1 Å². The molecule has 0 spiro atoms. The minimum atomic E-state index is 0.641. The average Bonchev–Trinajstić information content (AvgIpc) is 3.09. The van der Waals surface area contributed by atoms with Crippen molar-refractivity contribution in [3.63, 3.8) is 0 Å². The summed E-state index contributed by atoms with van der Waals surface area (Å²) in [6.07, 6.45) is 0. The van der Waals surface area contributed by atoms with E-state index in [-0.39, 0.29) is 0 Å². The molecule has 0 bridgehead atoms. The van der Waals surface area contributed by atoms with Gasteiger partial charge < -0.3 is 0 Å². The number of hydrogen-bond donors (Lipinski definition) is 0. The van der Waals surface area contributed by atoms with Gasteiger partial charge in [-0.1, -0.05) is 59.3 Å². The highest BCUT2D eigenvalue weighted by Gasteiger charge is 2.16. The molecule has 0 radical (unpaired) electrons. The van der Waals surface area contributed by atoms with E-state index in [1.165, 1.54) is 16.9 Å². The zero-order valence-corrected chi connectivity index (χ0v) is 13.3. The van der Waals surface area contributed by atoms with Crippen LogP contribution in [0.15, 0.2) is 48.5 Å². The Kier molecular flexibility index (Phi) is 3.17. The maximum absolute atomic E-state index is 6.26. The Bertz CT molecular complexity index is 973. The lowest BCUT2D eigenvalue weighted by atomic mass is 10.1. The predicted molar refractivity (Wildman–Crippen MR) is 89.3 cm³/mol. The predicted octanol–water partition coefficient (Wildman–Crippen LogP) is 4.48. The summed E-state index contributed by atoms with van der Waals surface area (Å²) >= 11 is 7.78. The molecule has 0 N–H and O–H groups in total. The lowest BCUT2D eigenvalue weighted by Crippen LogP contribution is -1.92. The third-order valence-electron chi connectivity index (χ3n) is 3.48. The third-order valence-corrected chi connectivity index (χ3v) is 4.74. The molecule has 4 aromatic rings. The Labute approximate surface area is 136 Å². The lowest BCUT2D eigenvalue weighted by molar-refractivity contribution is 0.970. The molecule has 0 aliphatic rings. The van der Waals surface area contributed by atoms with Crippen LogP contribution in [0.3, 0.4) is 0 Å². The van der Waals surface area contributed by atoms with Crippen LogP contribution in [0.2, 0.25) is 5.02 Å². The first-order valence-corrected chi connectivity index (χ1v) is 7.96. The van der Waals surface area contributed by atoms with Crippen molar-refractivity contribution in [1.82, 2.24) is 19.8 Å². The molecular weight excluding hydrogens is 316 g/mol. The molecule has 0 aliphatic heterocycles. The summed E-state index contributed by atoms with van der Waals surface area (Å²) in [6, 6.07) is 15.8. The standard InChI is InChI=1S/C16H11ClN4S/c1-10-6-2-3-7-11(10)15-20-21-14(18-19-16(21)22-15)12-8-4-5-9-13(12)17/h2-9H,1H3. The second-order valence-electron chi connectivity index (χ2n) is 4.92. The van der Waals surface area contributed by atoms with Gasteiger partial charge in [-0.2, -0.15) is 9.61 Å². The van der Waals surface area contributed by atoms with Gasteiger partial charge in [0.05, 0.1) is 5.02 Å². The molecule has 108 valence electrons. The summed E-state index contributed by atoms with van der Waals surface area (Å²) in [5, 5.41) is 14.7. The summed E-state index contributed by atoms with van der Waals surface area (Å²) in [5.41, 5.74) is 3.13. The summed E-state index contributed by atoms with van der Waals surface area (Å²) in [6.45, 7) is 2.08. The highest BCUT2D eigenvalue weighted by atomic mass is 35.5. The van der Waals surface area contributed by atoms with Gasteiger partial charge in [-0.15, -0.1) is 10.2 Å². The summed E-state index contributed by atoms with van der Waals surface area (Å²) in [7, 11) is 0. The maximum Gasteiger partial charge on any atom is 0.235 e. The Morgan fingerprint density at radius 3 is 2.45 bits per heavy atom. The number of aromatic nitrogens is 4. The molecule has 0 saturated heterocycles. The molecule has 0 atom stereocenters. The molecule has 4 nitrogen and oxygen atoms in total. The normalized spacial score (nSPS) is 11.2. The summed E-state index contributed by atoms with van der Waals surface area (Å²) < 4.78 is 1.76. The largest absolute Gasteiger partial charge is 0.235 e. The molecule has 6 heteroatoms. The number of hydrogen-bond acceptors (Lipinski definition) is 4. The Morgan fingerprint density at radius 2 is 1.68 bits per heavy atom. The van der Waals surface area contributed by atoms with Crippen LogP contribution in [0.25, 0.3) is 26.9 Å². The van der Waals surface area contributed by atoms with Gasteiger partial charge >= 0.3 is 0 Å². The monoisotopic (exact) mass is 326 g/mol. The number of nitrogens with zero attached hydrogens (tertiary/aromatic N) is 4. The van der Waals surface area contributed by atoms with Gasteiger partial charge in [0, 0.05) is 11.1 Å². The molecule has 4 rings (SSSR count). The van der Waals surface area contributed by atoms with Gasteiger partial charge in [-0.3, -0.25) is 0 Å². The van der Waals surface area contributed by atoms with Crippen LogP contribution in [0.1, 0.15) is 5.56 Å². The number of fused-ring (bicyclic) bond motifs is 1. The van der Waals surface area contributed by atoms with Gasteiger partial charge in [0.25, 0.3) is 0 Å². The number of benzene rings is 2. The SMILES string of the molecule is Cc1ccccc1-c1nn2c(-c3ccccc3Cl)nnc2s1. The fourth-order valence-corrected chi connectivity index (χ4v) is 3.50. The van der Waals surface area contributed by atoms with E-state index in [2.05, 4.69) is 34.4 Å². The minimum Gasteiger partial charge on any atom is -0.182 e. The molecule has 22 heavy (non-hydrogen) atoms. The van der Waals surface area contributed by atoms with Crippen molar-refractivity contribution < 1.29 is 0 Å². The molecule has 0 aliphatic carbocycles. The smallest absolute Gasteiger partial charge is 0.182 e. The van der Waals surface area contributed by atoms with Gasteiger partial charge in [0.1, 0.15) is 5.01 Å². The molecular formula is C16H11ClN4S. The Hall–Kier alpha value is -2.24. The quantitative estimate of drug-likeness (QED) is 0.545. The van der Waals surface area contributed by atoms with Crippen molar-refractivity contribution in [2.24, 2.45) is 0 Å². The van der Waals surface area contributed by atoms with Crippen LogP contribution in [-0.4, -0.2) is 19.8 Å². The zero-order valence-electron chi connectivity index (χ0n) is 11.7.